The van der Waals surface area contributed by atoms with Crippen molar-refractivity contribution in [2.75, 3.05) is 18.0 Å². The van der Waals surface area contributed by atoms with Crippen molar-refractivity contribution in [2.45, 2.75) is 25.9 Å². The smallest absolute Gasteiger partial charge is 0.120 e. The summed E-state index contributed by atoms with van der Waals surface area (Å²) in [6, 6.07) is 9.32. The van der Waals surface area contributed by atoms with E-state index in [4.69, 9.17) is 0 Å². The Hall–Kier alpha value is -1.81. The highest BCUT2D eigenvalue weighted by molar-refractivity contribution is 5.59. The van der Waals surface area contributed by atoms with Gasteiger partial charge in [-0.1, -0.05) is 18.2 Å². The Bertz CT molecular complexity index is 521. The molecular formula is C15H20N4. The van der Waals surface area contributed by atoms with Gasteiger partial charge in [0.05, 0.1) is 6.54 Å². The van der Waals surface area contributed by atoms with Crippen LogP contribution in [0.3, 0.4) is 0 Å². The molecule has 1 aliphatic heterocycles. The third kappa shape index (κ3) is 2.63. The van der Waals surface area contributed by atoms with Crippen LogP contribution in [-0.2, 0) is 13.0 Å². The molecule has 1 atom stereocenters. The Balaban J connectivity index is 1.53. The van der Waals surface area contributed by atoms with Crippen LogP contribution in [0.15, 0.2) is 36.7 Å². The minimum atomic E-state index is 0.600. The van der Waals surface area contributed by atoms with E-state index in [1.54, 1.807) is 6.20 Å². The van der Waals surface area contributed by atoms with Gasteiger partial charge in [0.25, 0.3) is 0 Å². The van der Waals surface area contributed by atoms with E-state index in [2.05, 4.69) is 51.4 Å². The molecule has 3 rings (SSSR count). The third-order valence-corrected chi connectivity index (χ3v) is 3.73. The summed E-state index contributed by atoms with van der Waals surface area (Å²) in [7, 11) is 0. The summed E-state index contributed by atoms with van der Waals surface area (Å²) in [5.74, 6) is 0.995. The van der Waals surface area contributed by atoms with E-state index < -0.39 is 0 Å². The molecular weight excluding hydrogens is 236 g/mol. The standard InChI is InChI=1S/C15H20N4/c1-12-10-13-4-2-3-5-14(13)19(12)9-8-16-11-15-17-6-7-18-15/h2-7,12,16H,8-11H2,1H3,(H,17,18)/t12-/m1/s1. The molecule has 1 aromatic heterocycles. The Morgan fingerprint density at radius 3 is 3.16 bits per heavy atom. The molecule has 0 saturated heterocycles. The number of rotatable bonds is 5. The van der Waals surface area contributed by atoms with Gasteiger partial charge in [0.1, 0.15) is 5.82 Å². The first kappa shape index (κ1) is 12.2. The topological polar surface area (TPSA) is 44.0 Å². The Morgan fingerprint density at radius 1 is 1.42 bits per heavy atom. The minimum Gasteiger partial charge on any atom is -0.367 e. The number of imidazole rings is 1. The molecule has 0 amide bonds. The number of benzene rings is 1. The average Bonchev–Trinajstić information content (AvgIpc) is 3.02. The number of nitrogens with zero attached hydrogens (tertiary/aromatic N) is 2. The number of nitrogens with one attached hydrogen (secondary N) is 2. The van der Waals surface area contributed by atoms with Gasteiger partial charge in [-0.2, -0.15) is 0 Å². The van der Waals surface area contributed by atoms with Crippen LogP contribution in [-0.4, -0.2) is 29.1 Å². The van der Waals surface area contributed by atoms with Crippen molar-refractivity contribution < 1.29 is 0 Å². The second kappa shape index (κ2) is 5.45. The van der Waals surface area contributed by atoms with Gasteiger partial charge >= 0.3 is 0 Å². The normalized spacial score (nSPS) is 17.7. The molecule has 0 saturated carbocycles. The monoisotopic (exact) mass is 256 g/mol. The molecule has 0 fully saturated rings. The lowest BCUT2D eigenvalue weighted by Gasteiger charge is -2.25. The Labute approximate surface area is 113 Å². The van der Waals surface area contributed by atoms with E-state index in [0.717, 1.165) is 31.9 Å². The lowest BCUT2D eigenvalue weighted by molar-refractivity contribution is 0.609. The van der Waals surface area contributed by atoms with Crippen LogP contribution in [0.5, 0.6) is 0 Å². The maximum Gasteiger partial charge on any atom is 0.120 e. The van der Waals surface area contributed by atoms with E-state index in [0.29, 0.717) is 6.04 Å². The zero-order valence-corrected chi connectivity index (χ0v) is 11.3. The molecule has 0 unspecified atom stereocenters. The highest BCUT2D eigenvalue weighted by Crippen LogP contribution is 2.31. The number of hydrogen-bond donors (Lipinski definition) is 2. The van der Waals surface area contributed by atoms with Gasteiger partial charge < -0.3 is 15.2 Å². The first-order chi connectivity index (χ1) is 9.34. The number of hydrogen-bond acceptors (Lipinski definition) is 3. The van der Waals surface area contributed by atoms with E-state index in [1.165, 1.54) is 11.3 Å². The largest absolute Gasteiger partial charge is 0.367 e. The fourth-order valence-corrected chi connectivity index (χ4v) is 2.77. The van der Waals surface area contributed by atoms with Crippen molar-refractivity contribution in [3.63, 3.8) is 0 Å². The fourth-order valence-electron chi connectivity index (χ4n) is 2.77. The lowest BCUT2D eigenvalue weighted by Crippen LogP contribution is -2.35. The summed E-state index contributed by atoms with van der Waals surface area (Å²) in [5.41, 5.74) is 2.87. The van der Waals surface area contributed by atoms with E-state index in [9.17, 15) is 0 Å². The molecule has 0 bridgehead atoms. The van der Waals surface area contributed by atoms with Crippen LogP contribution in [0.2, 0.25) is 0 Å². The predicted octanol–water partition coefficient (Wildman–Crippen LogP) is 1.95. The first-order valence-corrected chi connectivity index (χ1v) is 6.88. The number of para-hydroxylation sites is 1. The Morgan fingerprint density at radius 2 is 2.32 bits per heavy atom. The van der Waals surface area contributed by atoms with Crippen molar-refractivity contribution in [1.82, 2.24) is 15.3 Å². The summed E-state index contributed by atoms with van der Waals surface area (Å²) in [6.45, 7) is 5.11. The molecule has 100 valence electrons. The van der Waals surface area contributed by atoms with Gasteiger partial charge in [-0.3, -0.25) is 0 Å². The summed E-state index contributed by atoms with van der Waals surface area (Å²) >= 11 is 0. The second-order valence-corrected chi connectivity index (χ2v) is 5.09. The summed E-state index contributed by atoms with van der Waals surface area (Å²) in [5, 5.41) is 3.43. The van der Waals surface area contributed by atoms with Gasteiger partial charge in [0, 0.05) is 37.2 Å². The van der Waals surface area contributed by atoms with Crippen molar-refractivity contribution in [1.29, 1.82) is 0 Å². The molecule has 0 radical (unpaired) electrons. The average molecular weight is 256 g/mol. The van der Waals surface area contributed by atoms with E-state index in [-0.39, 0.29) is 0 Å². The van der Waals surface area contributed by atoms with Gasteiger partial charge in [-0.05, 0) is 25.0 Å². The molecule has 4 heteroatoms. The summed E-state index contributed by atoms with van der Waals surface area (Å²) < 4.78 is 0. The number of anilines is 1. The van der Waals surface area contributed by atoms with Gasteiger partial charge in [-0.25, -0.2) is 4.98 Å². The lowest BCUT2D eigenvalue weighted by atomic mass is 10.1. The molecule has 0 aliphatic carbocycles. The van der Waals surface area contributed by atoms with Crippen LogP contribution in [0.25, 0.3) is 0 Å². The van der Waals surface area contributed by atoms with Gasteiger partial charge in [0.15, 0.2) is 0 Å². The molecule has 2 N–H and O–H groups in total. The number of fused-ring (bicyclic) bond motifs is 1. The molecule has 19 heavy (non-hydrogen) atoms. The van der Waals surface area contributed by atoms with Crippen molar-refractivity contribution >= 4 is 5.69 Å². The Kier molecular flexibility index (Phi) is 3.51. The summed E-state index contributed by atoms with van der Waals surface area (Å²) in [4.78, 5) is 9.80. The maximum atomic E-state index is 4.20. The summed E-state index contributed by atoms with van der Waals surface area (Å²) in [6.07, 6.45) is 4.81. The molecule has 2 aromatic rings. The van der Waals surface area contributed by atoms with Crippen molar-refractivity contribution in [2.24, 2.45) is 0 Å². The highest BCUT2D eigenvalue weighted by atomic mass is 15.2. The van der Waals surface area contributed by atoms with Crippen molar-refractivity contribution in [3.8, 4) is 0 Å². The highest BCUT2D eigenvalue weighted by Gasteiger charge is 2.24. The fraction of sp³-hybridized carbons (Fsp3) is 0.400. The van der Waals surface area contributed by atoms with E-state index >= 15 is 0 Å². The number of H-pyrrole nitrogens is 1. The zero-order chi connectivity index (χ0) is 13.1. The van der Waals surface area contributed by atoms with Crippen LogP contribution < -0.4 is 10.2 Å². The van der Waals surface area contributed by atoms with Crippen LogP contribution in [0, 0.1) is 0 Å². The van der Waals surface area contributed by atoms with Gasteiger partial charge in [-0.15, -0.1) is 0 Å². The zero-order valence-electron chi connectivity index (χ0n) is 11.3. The molecule has 0 spiro atoms. The molecule has 1 aromatic carbocycles. The quantitative estimate of drug-likeness (QED) is 0.804. The second-order valence-electron chi connectivity index (χ2n) is 5.09. The maximum absolute atomic E-state index is 4.20. The third-order valence-electron chi connectivity index (χ3n) is 3.73. The van der Waals surface area contributed by atoms with Crippen LogP contribution >= 0.6 is 0 Å². The van der Waals surface area contributed by atoms with Crippen LogP contribution in [0.1, 0.15) is 18.3 Å². The number of aromatic nitrogens is 2. The first-order valence-electron chi connectivity index (χ1n) is 6.88. The SMILES string of the molecule is C[C@@H]1Cc2ccccc2N1CCNCc1ncc[nH]1. The molecule has 2 heterocycles. The predicted molar refractivity (Wildman–Crippen MR) is 77.2 cm³/mol. The van der Waals surface area contributed by atoms with Crippen LogP contribution in [0.4, 0.5) is 5.69 Å². The molecule has 4 nitrogen and oxygen atoms in total. The molecule has 1 aliphatic rings. The van der Waals surface area contributed by atoms with Gasteiger partial charge in [0.2, 0.25) is 0 Å². The van der Waals surface area contributed by atoms with Crippen molar-refractivity contribution in [3.05, 3.63) is 48.0 Å². The minimum absolute atomic E-state index is 0.600. The number of aromatic amines is 1. The van der Waals surface area contributed by atoms with E-state index in [1.807, 2.05) is 6.20 Å².